The Morgan fingerprint density at radius 2 is 1.05 bits per heavy atom. The fourth-order valence-corrected chi connectivity index (χ4v) is 4.46. The van der Waals surface area contributed by atoms with Crippen molar-refractivity contribution in [1.82, 2.24) is 0 Å². The van der Waals surface area contributed by atoms with E-state index in [1.165, 1.54) is 6.42 Å². The van der Waals surface area contributed by atoms with Gasteiger partial charge in [0.2, 0.25) is 0 Å². The second-order valence-corrected chi connectivity index (χ2v) is 9.30. The van der Waals surface area contributed by atoms with Crippen molar-refractivity contribution < 1.29 is 0 Å². The molecule has 4 nitrogen and oxygen atoms in total. The largest absolute Gasteiger partial charge is 0.313 e. The lowest BCUT2D eigenvalue weighted by Gasteiger charge is -2.51. The normalized spacial score (nSPS) is 37.1. The highest BCUT2D eigenvalue weighted by molar-refractivity contribution is 5.01. The molecule has 21 heavy (non-hydrogen) atoms. The van der Waals surface area contributed by atoms with Gasteiger partial charge in [-0.3, -0.25) is 0 Å². The molecule has 0 amide bonds. The van der Waals surface area contributed by atoms with Crippen molar-refractivity contribution in [3.63, 3.8) is 0 Å². The topological polar surface area (TPSA) is 104 Å². The molecule has 0 heterocycles. The van der Waals surface area contributed by atoms with Gasteiger partial charge in [0.15, 0.2) is 0 Å². The smallest absolute Gasteiger partial charge is 0.0689 e. The molecule has 2 aliphatic rings. The fraction of sp³-hybridized carbons (Fsp3) is 1.00. The molecule has 0 aromatic heterocycles. The van der Waals surface area contributed by atoms with Crippen LogP contribution in [-0.4, -0.2) is 11.3 Å². The van der Waals surface area contributed by atoms with Crippen LogP contribution in [0.5, 0.6) is 0 Å². The van der Waals surface area contributed by atoms with E-state index in [1.807, 2.05) is 0 Å². The fourth-order valence-electron chi connectivity index (χ4n) is 4.46. The lowest BCUT2D eigenvalue weighted by atomic mass is 9.60. The van der Waals surface area contributed by atoms with Crippen molar-refractivity contribution in [3.05, 3.63) is 0 Å². The van der Waals surface area contributed by atoms with Gasteiger partial charge < -0.3 is 22.9 Å². The monoisotopic (exact) mass is 296 g/mol. The molecular formula is C17H36N4. The lowest BCUT2D eigenvalue weighted by Crippen LogP contribution is -2.63. The van der Waals surface area contributed by atoms with Crippen LogP contribution >= 0.6 is 0 Å². The summed E-state index contributed by atoms with van der Waals surface area (Å²) in [4.78, 5) is 0. The zero-order valence-electron chi connectivity index (χ0n) is 14.4. The van der Waals surface area contributed by atoms with Gasteiger partial charge in [-0.15, -0.1) is 0 Å². The van der Waals surface area contributed by atoms with Crippen LogP contribution in [0.4, 0.5) is 0 Å². The van der Waals surface area contributed by atoms with Crippen molar-refractivity contribution in [3.8, 4) is 0 Å². The molecule has 0 bridgehead atoms. The molecule has 2 saturated carbocycles. The zero-order valence-corrected chi connectivity index (χ0v) is 14.4. The Morgan fingerprint density at radius 3 is 1.33 bits per heavy atom. The predicted octanol–water partition coefficient (Wildman–Crippen LogP) is 2.26. The summed E-state index contributed by atoms with van der Waals surface area (Å²) >= 11 is 0. The van der Waals surface area contributed by atoms with Gasteiger partial charge in [-0.1, -0.05) is 27.7 Å². The van der Waals surface area contributed by atoms with Crippen molar-refractivity contribution >= 4 is 0 Å². The standard InChI is InChI=1S/C17H36N4/c1-14(2)10-12(5-7-16(14,18)19)9-13-6-8-17(20,21)15(3,4)11-13/h12-13H,5-11,18-21H2,1-4H3. The molecule has 0 saturated heterocycles. The molecule has 2 unspecified atom stereocenters. The van der Waals surface area contributed by atoms with Crippen molar-refractivity contribution in [2.45, 2.75) is 84.0 Å². The third kappa shape index (κ3) is 3.29. The van der Waals surface area contributed by atoms with Crippen LogP contribution in [0.15, 0.2) is 0 Å². The quantitative estimate of drug-likeness (QED) is 0.587. The van der Waals surface area contributed by atoms with E-state index in [9.17, 15) is 0 Å². The Morgan fingerprint density at radius 1 is 0.714 bits per heavy atom. The van der Waals surface area contributed by atoms with Gasteiger partial charge >= 0.3 is 0 Å². The Balaban J connectivity index is 1.95. The summed E-state index contributed by atoms with van der Waals surface area (Å²) in [5.41, 5.74) is 24.1. The van der Waals surface area contributed by atoms with E-state index in [1.54, 1.807) is 0 Å². The van der Waals surface area contributed by atoms with E-state index in [4.69, 9.17) is 22.9 Å². The van der Waals surface area contributed by atoms with E-state index in [2.05, 4.69) is 27.7 Å². The predicted molar refractivity (Wildman–Crippen MR) is 89.1 cm³/mol. The molecule has 0 radical (unpaired) electrons. The zero-order chi connectivity index (χ0) is 16.1. The molecule has 0 aromatic rings. The van der Waals surface area contributed by atoms with E-state index < -0.39 is 11.3 Å². The Labute approximate surface area is 130 Å². The molecule has 8 N–H and O–H groups in total. The van der Waals surface area contributed by atoms with Gasteiger partial charge in [0.1, 0.15) is 0 Å². The average Bonchev–Trinajstić information content (AvgIpc) is 2.29. The highest BCUT2D eigenvalue weighted by Gasteiger charge is 2.47. The Bertz CT molecular complexity index is 348. The van der Waals surface area contributed by atoms with Crippen LogP contribution in [0.2, 0.25) is 0 Å². The summed E-state index contributed by atoms with van der Waals surface area (Å²) in [6, 6.07) is 0. The second kappa shape index (κ2) is 5.19. The molecule has 2 atom stereocenters. The summed E-state index contributed by atoms with van der Waals surface area (Å²) in [6.07, 6.45) is 7.71. The molecule has 0 aromatic carbocycles. The Hall–Kier alpha value is -0.160. The minimum absolute atomic E-state index is 0.0194. The minimum atomic E-state index is -0.515. The first-order valence-electron chi connectivity index (χ1n) is 8.52. The first-order valence-corrected chi connectivity index (χ1v) is 8.52. The summed E-state index contributed by atoms with van der Waals surface area (Å²) in [7, 11) is 0. The van der Waals surface area contributed by atoms with E-state index in [-0.39, 0.29) is 10.8 Å². The number of hydrogen-bond acceptors (Lipinski definition) is 4. The van der Waals surface area contributed by atoms with Crippen LogP contribution in [0.25, 0.3) is 0 Å². The van der Waals surface area contributed by atoms with Crippen LogP contribution in [0, 0.1) is 22.7 Å². The van der Waals surface area contributed by atoms with Gasteiger partial charge in [-0.25, -0.2) is 0 Å². The highest BCUT2D eigenvalue weighted by atomic mass is 15.0. The van der Waals surface area contributed by atoms with E-state index >= 15 is 0 Å². The SMILES string of the molecule is CC1(C)CC(CC2CCC(N)(N)C(C)(C)C2)CCC1(N)N. The van der Waals surface area contributed by atoms with Gasteiger partial charge in [-0.2, -0.15) is 0 Å². The average molecular weight is 297 g/mol. The van der Waals surface area contributed by atoms with Crippen molar-refractivity contribution in [2.75, 3.05) is 0 Å². The maximum atomic E-state index is 6.27. The van der Waals surface area contributed by atoms with Crippen LogP contribution < -0.4 is 22.9 Å². The molecule has 0 aliphatic heterocycles. The summed E-state index contributed by atoms with van der Waals surface area (Å²) in [6.45, 7) is 8.87. The highest BCUT2D eigenvalue weighted by Crippen LogP contribution is 2.48. The number of hydrogen-bond donors (Lipinski definition) is 4. The van der Waals surface area contributed by atoms with Crippen molar-refractivity contribution in [1.29, 1.82) is 0 Å². The summed E-state index contributed by atoms with van der Waals surface area (Å²) in [5, 5.41) is 0. The molecule has 2 aliphatic carbocycles. The molecular weight excluding hydrogens is 260 g/mol. The summed E-state index contributed by atoms with van der Waals surface area (Å²) in [5.74, 6) is 1.48. The maximum absolute atomic E-state index is 6.27. The van der Waals surface area contributed by atoms with Gasteiger partial charge in [0.25, 0.3) is 0 Å². The minimum Gasteiger partial charge on any atom is -0.313 e. The maximum Gasteiger partial charge on any atom is 0.0689 e. The van der Waals surface area contributed by atoms with Gasteiger partial charge in [0.05, 0.1) is 11.3 Å². The van der Waals surface area contributed by atoms with E-state index in [0.717, 1.165) is 50.4 Å². The molecule has 0 spiro atoms. The van der Waals surface area contributed by atoms with Crippen LogP contribution in [-0.2, 0) is 0 Å². The van der Waals surface area contributed by atoms with Crippen LogP contribution in [0.3, 0.4) is 0 Å². The lowest BCUT2D eigenvalue weighted by molar-refractivity contribution is 0.0277. The first kappa shape index (κ1) is 17.2. The molecule has 4 heteroatoms. The third-order valence-electron chi connectivity index (χ3n) is 6.72. The third-order valence-corrected chi connectivity index (χ3v) is 6.72. The second-order valence-electron chi connectivity index (χ2n) is 9.30. The first-order chi connectivity index (χ1) is 9.36. The van der Waals surface area contributed by atoms with Gasteiger partial charge in [-0.05, 0) is 67.6 Å². The van der Waals surface area contributed by atoms with Crippen LogP contribution in [0.1, 0.15) is 72.6 Å². The Kier molecular flexibility index (Phi) is 4.25. The number of rotatable bonds is 2. The van der Waals surface area contributed by atoms with Crippen molar-refractivity contribution in [2.24, 2.45) is 45.6 Å². The number of nitrogens with two attached hydrogens (primary N) is 4. The molecule has 124 valence electrons. The van der Waals surface area contributed by atoms with E-state index in [0.29, 0.717) is 0 Å². The summed E-state index contributed by atoms with van der Waals surface area (Å²) < 4.78 is 0. The molecule has 2 fully saturated rings. The molecule has 2 rings (SSSR count). The van der Waals surface area contributed by atoms with Gasteiger partial charge in [0, 0.05) is 0 Å².